The Kier molecular flexibility index (Phi) is 4.07. The molecule has 1 rings (SSSR count). The van der Waals surface area contributed by atoms with Gasteiger partial charge in [-0.05, 0) is 32.9 Å². The van der Waals surface area contributed by atoms with E-state index in [1.165, 1.54) is 4.90 Å². The van der Waals surface area contributed by atoms with Crippen molar-refractivity contribution >= 4 is 23.8 Å². The van der Waals surface area contributed by atoms with Crippen LogP contribution in [-0.2, 0) is 9.53 Å². The molecule has 0 bridgehead atoms. The summed E-state index contributed by atoms with van der Waals surface area (Å²) < 4.78 is 5.17. The van der Waals surface area contributed by atoms with E-state index in [9.17, 15) is 9.59 Å². The number of carbonyl (C=O) groups is 2. The number of carboxylic acid groups (broad SMARTS) is 1. The molecular formula is C10H17NO4S. The monoisotopic (exact) mass is 247 g/mol. The molecule has 1 aliphatic heterocycles. The Morgan fingerprint density at radius 3 is 2.56 bits per heavy atom. The number of rotatable bonds is 1. The highest BCUT2D eigenvalue weighted by Gasteiger charge is 2.34. The van der Waals surface area contributed by atoms with Crippen molar-refractivity contribution in [2.75, 3.05) is 11.6 Å². The summed E-state index contributed by atoms with van der Waals surface area (Å²) in [7, 11) is 0. The summed E-state index contributed by atoms with van der Waals surface area (Å²) in [5.41, 5.74) is -0.595. The topological polar surface area (TPSA) is 66.8 Å². The highest BCUT2D eigenvalue weighted by atomic mass is 32.2. The van der Waals surface area contributed by atoms with Gasteiger partial charge in [0.2, 0.25) is 0 Å². The van der Waals surface area contributed by atoms with Crippen molar-refractivity contribution in [3.8, 4) is 0 Å². The largest absolute Gasteiger partial charge is 0.480 e. The average molecular weight is 247 g/mol. The third-order valence-corrected chi connectivity index (χ3v) is 3.04. The van der Waals surface area contributed by atoms with Gasteiger partial charge in [0, 0.05) is 0 Å². The van der Waals surface area contributed by atoms with Crippen molar-refractivity contribution in [3.63, 3.8) is 0 Å². The van der Waals surface area contributed by atoms with Crippen molar-refractivity contribution in [2.45, 2.75) is 38.8 Å². The Morgan fingerprint density at radius 1 is 1.44 bits per heavy atom. The fourth-order valence-electron chi connectivity index (χ4n) is 1.36. The van der Waals surface area contributed by atoms with Gasteiger partial charge in [-0.15, -0.1) is 11.8 Å². The van der Waals surface area contributed by atoms with Gasteiger partial charge in [-0.25, -0.2) is 9.59 Å². The normalized spacial score (nSPS) is 21.7. The van der Waals surface area contributed by atoms with E-state index in [4.69, 9.17) is 9.84 Å². The summed E-state index contributed by atoms with van der Waals surface area (Å²) in [5.74, 6) is 0.174. The third kappa shape index (κ3) is 3.59. The van der Waals surface area contributed by atoms with Crippen LogP contribution in [-0.4, -0.2) is 45.3 Å². The maximum Gasteiger partial charge on any atom is 0.411 e. The molecule has 0 radical (unpaired) electrons. The molecule has 1 amide bonds. The first-order valence-electron chi connectivity index (χ1n) is 5.11. The molecule has 1 N–H and O–H groups in total. The number of hydrogen-bond donors (Lipinski definition) is 1. The van der Waals surface area contributed by atoms with E-state index in [0.717, 1.165) is 5.75 Å². The smallest absolute Gasteiger partial charge is 0.411 e. The molecule has 92 valence electrons. The number of aliphatic carboxylic acids is 1. The van der Waals surface area contributed by atoms with Crippen LogP contribution in [0.15, 0.2) is 0 Å². The van der Waals surface area contributed by atoms with Crippen LogP contribution in [0.1, 0.15) is 27.2 Å². The van der Waals surface area contributed by atoms with E-state index < -0.39 is 23.7 Å². The van der Waals surface area contributed by atoms with Crippen molar-refractivity contribution in [3.05, 3.63) is 0 Å². The standard InChI is InChI=1S/C10H17NO4S/c1-10(2,3)15-9(14)11-6-16-5-4-7(11)8(12)13/h7H,4-6H2,1-3H3,(H,12,13). The molecule has 5 nitrogen and oxygen atoms in total. The lowest BCUT2D eigenvalue weighted by atomic mass is 10.2. The summed E-state index contributed by atoms with van der Waals surface area (Å²) >= 11 is 1.54. The third-order valence-electron chi connectivity index (χ3n) is 2.06. The second-order valence-electron chi connectivity index (χ2n) is 4.63. The minimum Gasteiger partial charge on any atom is -0.480 e. The predicted octanol–water partition coefficient (Wildman–Crippen LogP) is 1.77. The molecule has 0 aliphatic carbocycles. The fraction of sp³-hybridized carbons (Fsp3) is 0.800. The van der Waals surface area contributed by atoms with Crippen LogP contribution in [0.2, 0.25) is 0 Å². The quantitative estimate of drug-likeness (QED) is 0.765. The minimum absolute atomic E-state index is 0.381. The van der Waals surface area contributed by atoms with Gasteiger partial charge in [-0.2, -0.15) is 0 Å². The zero-order chi connectivity index (χ0) is 12.3. The number of ether oxygens (including phenoxy) is 1. The number of amides is 1. The minimum atomic E-state index is -0.967. The average Bonchev–Trinajstić information content (AvgIpc) is 2.15. The Bertz CT molecular complexity index is 287. The van der Waals surface area contributed by atoms with Crippen LogP contribution in [0, 0.1) is 0 Å². The van der Waals surface area contributed by atoms with E-state index in [0.29, 0.717) is 12.3 Å². The number of carboxylic acids is 1. The van der Waals surface area contributed by atoms with E-state index >= 15 is 0 Å². The van der Waals surface area contributed by atoms with Gasteiger partial charge in [0.25, 0.3) is 0 Å². The molecule has 1 heterocycles. The Balaban J connectivity index is 2.68. The van der Waals surface area contributed by atoms with Crippen LogP contribution < -0.4 is 0 Å². The number of carbonyl (C=O) groups excluding carboxylic acids is 1. The van der Waals surface area contributed by atoms with Crippen LogP contribution in [0.4, 0.5) is 4.79 Å². The molecule has 0 aromatic heterocycles. The lowest BCUT2D eigenvalue weighted by molar-refractivity contribution is -0.143. The highest BCUT2D eigenvalue weighted by Crippen LogP contribution is 2.22. The Hall–Kier alpha value is -0.910. The van der Waals surface area contributed by atoms with Gasteiger partial charge >= 0.3 is 12.1 Å². The molecule has 1 fully saturated rings. The van der Waals surface area contributed by atoms with Crippen molar-refractivity contribution in [1.29, 1.82) is 0 Å². The van der Waals surface area contributed by atoms with Gasteiger partial charge in [0.15, 0.2) is 0 Å². The van der Waals surface area contributed by atoms with Crippen LogP contribution in [0.5, 0.6) is 0 Å². The summed E-state index contributed by atoms with van der Waals surface area (Å²) in [5, 5.41) is 9.00. The van der Waals surface area contributed by atoms with E-state index in [2.05, 4.69) is 0 Å². The maximum atomic E-state index is 11.8. The zero-order valence-corrected chi connectivity index (χ0v) is 10.5. The lowest BCUT2D eigenvalue weighted by Crippen LogP contribution is -2.49. The molecule has 1 atom stereocenters. The van der Waals surface area contributed by atoms with E-state index in [1.54, 1.807) is 32.5 Å². The van der Waals surface area contributed by atoms with Gasteiger partial charge in [0.1, 0.15) is 11.6 Å². The second-order valence-corrected chi connectivity index (χ2v) is 5.70. The number of thioether (sulfide) groups is 1. The van der Waals surface area contributed by atoms with Crippen molar-refractivity contribution < 1.29 is 19.4 Å². The van der Waals surface area contributed by atoms with E-state index in [-0.39, 0.29) is 0 Å². The first-order chi connectivity index (χ1) is 7.31. The summed E-state index contributed by atoms with van der Waals surface area (Å²) in [4.78, 5) is 24.0. The fourth-order valence-corrected chi connectivity index (χ4v) is 2.36. The molecule has 0 spiro atoms. The summed E-state index contributed by atoms with van der Waals surface area (Å²) in [6.07, 6.45) is -0.0775. The first-order valence-corrected chi connectivity index (χ1v) is 6.27. The Morgan fingerprint density at radius 2 is 2.06 bits per heavy atom. The molecule has 0 aromatic carbocycles. The molecular weight excluding hydrogens is 230 g/mol. The SMILES string of the molecule is CC(C)(C)OC(=O)N1CSCCC1C(=O)O. The van der Waals surface area contributed by atoms with Gasteiger partial charge in [-0.1, -0.05) is 0 Å². The van der Waals surface area contributed by atoms with Crippen LogP contribution in [0.25, 0.3) is 0 Å². The number of hydrogen-bond acceptors (Lipinski definition) is 4. The summed E-state index contributed by atoms with van der Waals surface area (Å²) in [6, 6.07) is -0.754. The second kappa shape index (κ2) is 4.95. The first kappa shape index (κ1) is 13.2. The van der Waals surface area contributed by atoms with Gasteiger partial charge in [-0.3, -0.25) is 4.90 Å². The molecule has 1 unspecified atom stereocenters. The predicted molar refractivity (Wildman–Crippen MR) is 61.4 cm³/mol. The van der Waals surface area contributed by atoms with Gasteiger partial charge < -0.3 is 9.84 Å². The lowest BCUT2D eigenvalue weighted by Gasteiger charge is -2.33. The molecule has 1 saturated heterocycles. The van der Waals surface area contributed by atoms with Crippen LogP contribution in [0.3, 0.4) is 0 Å². The number of nitrogens with zero attached hydrogens (tertiary/aromatic N) is 1. The molecule has 0 aromatic rings. The van der Waals surface area contributed by atoms with Gasteiger partial charge in [0.05, 0.1) is 5.88 Å². The van der Waals surface area contributed by atoms with E-state index in [1.807, 2.05) is 0 Å². The molecule has 1 aliphatic rings. The zero-order valence-electron chi connectivity index (χ0n) is 9.73. The molecule has 0 saturated carbocycles. The van der Waals surface area contributed by atoms with Crippen LogP contribution >= 0.6 is 11.8 Å². The molecule has 6 heteroatoms. The maximum absolute atomic E-state index is 11.8. The van der Waals surface area contributed by atoms with Crippen molar-refractivity contribution in [2.24, 2.45) is 0 Å². The molecule has 16 heavy (non-hydrogen) atoms. The Labute approximate surface area is 99.1 Å². The summed E-state index contributed by atoms with van der Waals surface area (Å²) in [6.45, 7) is 5.29. The highest BCUT2D eigenvalue weighted by molar-refractivity contribution is 7.99. The van der Waals surface area contributed by atoms with Crippen molar-refractivity contribution in [1.82, 2.24) is 4.90 Å².